The average molecular weight is 661 g/mol. The topological polar surface area (TPSA) is 70.6 Å². The molecule has 0 saturated carbocycles. The van der Waals surface area contributed by atoms with Crippen molar-refractivity contribution in [1.29, 1.82) is 0 Å². The van der Waals surface area contributed by atoms with Gasteiger partial charge in [0.1, 0.15) is 22.9 Å². The quantitative estimate of drug-likeness (QED) is 0.201. The van der Waals surface area contributed by atoms with Crippen LogP contribution in [0.15, 0.2) is 53.4 Å². The molecule has 3 heterocycles. The standard InChI is InChI=1S/C28H40O2.C15H28N2O/c1-20-9-6-11-21(2)13-8-17-28(5)18-16-25-23(4)26(29)19-24(27(25)30-28)15-14-22(3)12-7-10-20;1-6-15(5)14(16-13(4)17-15)11(2)9-7-8-10-12(3)18/h9,12-13,19,29H,6-8,10-11,14-18H2,1-5H3;11,14,16-17H,4,6-10H2,1-3,5H3/b20-9+,21-13+,22-12+;/t;11-,14+,15-/m.0/s1. The normalized spacial score (nSPS) is 29.0. The molecule has 1 saturated heterocycles. The lowest BCUT2D eigenvalue weighted by atomic mass is 9.81. The maximum absolute atomic E-state index is 10.9. The van der Waals surface area contributed by atoms with Gasteiger partial charge in [-0.05, 0) is 155 Å². The number of Topliss-reactive ketones (excluding diaryl/α,β-unsaturated/α-hetero) is 1. The molecule has 5 nitrogen and oxygen atoms in total. The molecule has 2 bridgehead atoms. The molecule has 48 heavy (non-hydrogen) atoms. The van der Waals surface area contributed by atoms with E-state index in [1.54, 1.807) is 6.92 Å². The number of hydrogen-bond acceptors (Lipinski definition) is 5. The maximum Gasteiger partial charge on any atom is 0.129 e. The second kappa shape index (κ2) is 18.2. The van der Waals surface area contributed by atoms with E-state index in [2.05, 4.69) is 83.9 Å². The summed E-state index contributed by atoms with van der Waals surface area (Å²) in [5.74, 6) is 3.30. The van der Waals surface area contributed by atoms with Gasteiger partial charge in [0, 0.05) is 12.0 Å². The lowest BCUT2D eigenvalue weighted by Crippen LogP contribution is -2.49. The molecule has 4 atom stereocenters. The number of hydrogen-bond donors (Lipinski definition) is 3. The number of nitrogens with one attached hydrogen (secondary N) is 2. The van der Waals surface area contributed by atoms with E-state index in [0.29, 0.717) is 23.5 Å². The third-order valence-electron chi connectivity index (χ3n) is 11.2. The van der Waals surface area contributed by atoms with Crippen LogP contribution >= 0.6 is 0 Å². The van der Waals surface area contributed by atoms with E-state index in [9.17, 15) is 9.90 Å². The van der Waals surface area contributed by atoms with Crippen LogP contribution in [0.3, 0.4) is 0 Å². The van der Waals surface area contributed by atoms with Gasteiger partial charge in [-0.2, -0.15) is 0 Å². The van der Waals surface area contributed by atoms with Crippen LogP contribution in [0, 0.1) is 12.8 Å². The summed E-state index contributed by atoms with van der Waals surface area (Å²) in [6.07, 6.45) is 22.9. The summed E-state index contributed by atoms with van der Waals surface area (Å²) in [6, 6.07) is 2.38. The maximum atomic E-state index is 10.9. The number of benzene rings is 1. The fraction of sp³-hybridized carbons (Fsp3) is 0.651. The van der Waals surface area contributed by atoms with Gasteiger partial charge in [-0.15, -0.1) is 0 Å². The van der Waals surface area contributed by atoms with Gasteiger partial charge in [0.2, 0.25) is 0 Å². The van der Waals surface area contributed by atoms with Crippen LogP contribution in [0.5, 0.6) is 11.5 Å². The summed E-state index contributed by atoms with van der Waals surface area (Å²) in [4.78, 5) is 10.9. The van der Waals surface area contributed by atoms with E-state index in [-0.39, 0.29) is 11.1 Å². The first-order chi connectivity index (χ1) is 22.7. The Bertz CT molecular complexity index is 1350. The molecule has 0 aliphatic carbocycles. The molecule has 268 valence electrons. The van der Waals surface area contributed by atoms with Gasteiger partial charge in [0.05, 0.1) is 17.4 Å². The van der Waals surface area contributed by atoms with Crippen molar-refractivity contribution in [1.82, 2.24) is 10.6 Å². The SMILES string of the molecule is C/C1=C\CC/C(C)=C/CCC2(C)CCc3c(C)c(O)cc(c3O2)CC/C(C)=C/CC1.C=C1N[C@H]([C@@H](C)CCCCC(C)=O)[C@](C)(CC)N1. The fourth-order valence-corrected chi connectivity index (χ4v) is 7.58. The molecule has 1 aromatic rings. The van der Waals surface area contributed by atoms with Crippen LogP contribution in [0.2, 0.25) is 0 Å². The third-order valence-corrected chi connectivity index (χ3v) is 11.2. The lowest BCUT2D eigenvalue weighted by Gasteiger charge is -2.38. The van der Waals surface area contributed by atoms with Gasteiger partial charge in [-0.25, -0.2) is 0 Å². The molecule has 1 fully saturated rings. The number of ether oxygens (including phenoxy) is 1. The Hall–Kier alpha value is -2.95. The first kappa shape index (κ1) is 39.5. The number of unbranched alkanes of at least 4 members (excludes halogenated alkanes) is 1. The Balaban J connectivity index is 0.000000297. The first-order valence-electron chi connectivity index (χ1n) is 18.9. The smallest absolute Gasteiger partial charge is 0.129 e. The molecule has 3 aliphatic rings. The Labute approximate surface area is 293 Å². The lowest BCUT2D eigenvalue weighted by molar-refractivity contribution is -0.117. The zero-order chi connectivity index (χ0) is 35.5. The Morgan fingerprint density at radius 1 is 0.958 bits per heavy atom. The molecule has 1 aromatic carbocycles. The number of allylic oxidation sites excluding steroid dienone is 6. The zero-order valence-electron chi connectivity index (χ0n) is 32.0. The molecule has 5 heteroatoms. The molecule has 3 N–H and O–H groups in total. The second-order valence-electron chi connectivity index (χ2n) is 15.7. The largest absolute Gasteiger partial charge is 0.508 e. The molecule has 0 aromatic heterocycles. The Morgan fingerprint density at radius 2 is 1.58 bits per heavy atom. The van der Waals surface area contributed by atoms with Crippen molar-refractivity contribution in [3.8, 4) is 11.5 Å². The first-order valence-corrected chi connectivity index (χ1v) is 18.9. The molecule has 0 radical (unpaired) electrons. The van der Waals surface area contributed by atoms with E-state index in [0.717, 1.165) is 119 Å². The number of aryl methyl sites for hydroxylation is 1. The molecule has 0 spiro atoms. The van der Waals surface area contributed by atoms with E-state index in [1.807, 2.05) is 13.0 Å². The predicted octanol–water partition coefficient (Wildman–Crippen LogP) is 10.9. The van der Waals surface area contributed by atoms with Crippen molar-refractivity contribution < 1.29 is 14.6 Å². The molecule has 1 unspecified atom stereocenters. The third kappa shape index (κ3) is 11.6. The Kier molecular flexibility index (Phi) is 14.9. The van der Waals surface area contributed by atoms with Gasteiger partial charge in [-0.3, -0.25) is 0 Å². The Morgan fingerprint density at radius 3 is 2.21 bits per heavy atom. The predicted molar refractivity (Wildman–Crippen MR) is 204 cm³/mol. The number of ketones is 1. The number of rotatable bonds is 7. The van der Waals surface area contributed by atoms with E-state index < -0.39 is 0 Å². The molecule has 4 rings (SSSR count). The van der Waals surface area contributed by atoms with Crippen LogP contribution in [0.4, 0.5) is 0 Å². The average Bonchev–Trinajstić information content (AvgIpc) is 3.34. The van der Waals surface area contributed by atoms with E-state index in [1.165, 1.54) is 22.3 Å². The van der Waals surface area contributed by atoms with E-state index >= 15 is 0 Å². The van der Waals surface area contributed by atoms with Crippen molar-refractivity contribution >= 4 is 5.78 Å². The van der Waals surface area contributed by atoms with Crippen LogP contribution < -0.4 is 15.4 Å². The minimum Gasteiger partial charge on any atom is -0.508 e. The fourth-order valence-electron chi connectivity index (χ4n) is 7.58. The highest BCUT2D eigenvalue weighted by molar-refractivity contribution is 5.75. The molecule has 3 aliphatic heterocycles. The van der Waals surface area contributed by atoms with Gasteiger partial charge in [0.15, 0.2) is 0 Å². The summed E-state index contributed by atoms with van der Waals surface area (Å²) in [7, 11) is 0. The highest BCUT2D eigenvalue weighted by Gasteiger charge is 2.41. The molecular formula is C43H68N2O3. The minimum absolute atomic E-state index is 0.108. The summed E-state index contributed by atoms with van der Waals surface area (Å²) >= 11 is 0. The van der Waals surface area contributed by atoms with Crippen LogP contribution in [-0.2, 0) is 17.6 Å². The highest BCUT2D eigenvalue weighted by Crippen LogP contribution is 2.43. The van der Waals surface area contributed by atoms with Crippen LogP contribution in [0.1, 0.15) is 156 Å². The number of carbonyl (C=O) groups is 1. The van der Waals surface area contributed by atoms with Crippen LogP contribution in [0.25, 0.3) is 0 Å². The van der Waals surface area contributed by atoms with Crippen LogP contribution in [-0.4, -0.2) is 28.1 Å². The summed E-state index contributed by atoms with van der Waals surface area (Å²) < 4.78 is 6.70. The van der Waals surface area contributed by atoms with Crippen molar-refractivity contribution in [3.05, 3.63) is 70.1 Å². The number of fused-ring (bicyclic) bond motifs is 1. The number of phenolic OH excluding ortho intramolecular Hbond substituents is 1. The molecule has 0 amide bonds. The summed E-state index contributed by atoms with van der Waals surface area (Å²) in [5.41, 5.74) is 7.75. The van der Waals surface area contributed by atoms with Gasteiger partial charge in [-0.1, -0.05) is 61.8 Å². The van der Waals surface area contributed by atoms with Gasteiger partial charge in [0.25, 0.3) is 0 Å². The minimum atomic E-state index is -0.130. The number of aromatic hydroxyl groups is 1. The highest BCUT2D eigenvalue weighted by atomic mass is 16.5. The summed E-state index contributed by atoms with van der Waals surface area (Å²) in [5, 5.41) is 17.4. The number of carbonyl (C=O) groups excluding carboxylic acids is 1. The van der Waals surface area contributed by atoms with Crippen molar-refractivity contribution in [3.63, 3.8) is 0 Å². The second-order valence-corrected chi connectivity index (χ2v) is 15.7. The number of phenols is 1. The van der Waals surface area contributed by atoms with Gasteiger partial charge >= 0.3 is 0 Å². The zero-order valence-corrected chi connectivity index (χ0v) is 32.0. The van der Waals surface area contributed by atoms with Crippen molar-refractivity contribution in [2.24, 2.45) is 5.92 Å². The van der Waals surface area contributed by atoms with E-state index in [4.69, 9.17) is 4.74 Å². The van der Waals surface area contributed by atoms with Crippen molar-refractivity contribution in [2.45, 2.75) is 176 Å². The molecular weight excluding hydrogens is 592 g/mol. The van der Waals surface area contributed by atoms with Gasteiger partial charge < -0.3 is 25.3 Å². The van der Waals surface area contributed by atoms with Crippen molar-refractivity contribution in [2.75, 3.05) is 0 Å². The summed E-state index contributed by atoms with van der Waals surface area (Å²) in [6.45, 7) is 23.5. The monoisotopic (exact) mass is 661 g/mol.